The number of nitrogens with zero attached hydrogens (tertiary/aromatic N) is 1. The Bertz CT molecular complexity index is 538. The Morgan fingerprint density at radius 2 is 1.88 bits per heavy atom. The van der Waals surface area contributed by atoms with Crippen molar-refractivity contribution < 1.29 is 9.53 Å². The van der Waals surface area contributed by atoms with E-state index in [9.17, 15) is 4.79 Å². The van der Waals surface area contributed by atoms with Gasteiger partial charge in [-0.2, -0.15) is 0 Å². The first kappa shape index (κ1) is 11.1. The molecule has 2 N–H and O–H groups in total. The maximum Gasteiger partial charge on any atom is 0.358 e. The summed E-state index contributed by atoms with van der Waals surface area (Å²) in [6, 6.07) is 13.0. The van der Waals surface area contributed by atoms with E-state index in [-0.39, 0.29) is 5.69 Å². The fourth-order valence-electron chi connectivity index (χ4n) is 1.50. The first-order valence-electron chi connectivity index (χ1n) is 5.12. The second-order valence-corrected chi connectivity index (χ2v) is 3.49. The molecule has 0 spiro atoms. The number of carbonyl (C=O) groups excluding carboxylic acids is 1. The van der Waals surface area contributed by atoms with Crippen molar-refractivity contribution in [2.45, 2.75) is 0 Å². The number of esters is 1. The predicted molar refractivity (Wildman–Crippen MR) is 65.4 cm³/mol. The van der Waals surface area contributed by atoms with Crippen LogP contribution in [0.25, 0.3) is 11.3 Å². The molecular formula is C13H12N2O2. The van der Waals surface area contributed by atoms with Crippen LogP contribution in [-0.2, 0) is 4.74 Å². The van der Waals surface area contributed by atoms with E-state index in [0.29, 0.717) is 11.4 Å². The first-order chi connectivity index (χ1) is 8.22. The molecule has 0 fully saturated rings. The number of methoxy groups -OCH3 is 1. The lowest BCUT2D eigenvalue weighted by Gasteiger charge is -2.06. The first-order valence-corrected chi connectivity index (χ1v) is 5.12. The molecule has 17 heavy (non-hydrogen) atoms. The number of carbonyl (C=O) groups is 1. The van der Waals surface area contributed by atoms with E-state index in [1.807, 2.05) is 30.3 Å². The van der Waals surface area contributed by atoms with Gasteiger partial charge >= 0.3 is 5.97 Å². The maximum absolute atomic E-state index is 11.5. The molecule has 2 aromatic rings. The molecule has 0 aliphatic rings. The molecule has 0 atom stereocenters. The van der Waals surface area contributed by atoms with Crippen molar-refractivity contribution in [1.29, 1.82) is 0 Å². The number of rotatable bonds is 2. The predicted octanol–water partition coefficient (Wildman–Crippen LogP) is 2.12. The van der Waals surface area contributed by atoms with Crippen LogP contribution in [0.15, 0.2) is 42.5 Å². The van der Waals surface area contributed by atoms with Gasteiger partial charge in [0, 0.05) is 5.56 Å². The SMILES string of the molecule is COC(=O)c1nc(-c2ccccc2)ccc1N. The molecule has 1 aromatic heterocycles. The molecule has 0 radical (unpaired) electrons. The third-order valence-corrected chi connectivity index (χ3v) is 2.37. The van der Waals surface area contributed by atoms with E-state index in [1.165, 1.54) is 7.11 Å². The van der Waals surface area contributed by atoms with Crippen molar-refractivity contribution in [2.24, 2.45) is 0 Å². The smallest absolute Gasteiger partial charge is 0.358 e. The molecule has 1 heterocycles. The van der Waals surface area contributed by atoms with Gasteiger partial charge in [-0.25, -0.2) is 9.78 Å². The van der Waals surface area contributed by atoms with Crippen molar-refractivity contribution in [1.82, 2.24) is 4.98 Å². The molecule has 0 saturated heterocycles. The van der Waals surface area contributed by atoms with Gasteiger partial charge in [-0.05, 0) is 12.1 Å². The summed E-state index contributed by atoms with van der Waals surface area (Å²) in [5.74, 6) is -0.528. The van der Waals surface area contributed by atoms with Crippen molar-refractivity contribution in [3.05, 3.63) is 48.2 Å². The number of hydrogen-bond donors (Lipinski definition) is 1. The van der Waals surface area contributed by atoms with Crippen LogP contribution in [0.1, 0.15) is 10.5 Å². The van der Waals surface area contributed by atoms with E-state index < -0.39 is 5.97 Å². The normalized spacial score (nSPS) is 9.94. The topological polar surface area (TPSA) is 65.2 Å². The molecule has 0 aliphatic heterocycles. The van der Waals surface area contributed by atoms with Crippen molar-refractivity contribution in [3.63, 3.8) is 0 Å². The highest BCUT2D eigenvalue weighted by Gasteiger charge is 2.13. The monoisotopic (exact) mass is 228 g/mol. The summed E-state index contributed by atoms with van der Waals surface area (Å²) in [6.45, 7) is 0. The second kappa shape index (κ2) is 4.65. The van der Waals surface area contributed by atoms with Crippen LogP contribution in [-0.4, -0.2) is 18.1 Å². The quantitative estimate of drug-likeness (QED) is 0.799. The number of pyridine rings is 1. The highest BCUT2D eigenvalue weighted by Crippen LogP contribution is 2.20. The van der Waals surface area contributed by atoms with Crippen LogP contribution in [0.2, 0.25) is 0 Å². The van der Waals surface area contributed by atoms with Gasteiger partial charge in [-0.15, -0.1) is 0 Å². The van der Waals surface area contributed by atoms with Gasteiger partial charge in [0.15, 0.2) is 5.69 Å². The lowest BCUT2D eigenvalue weighted by atomic mass is 10.1. The van der Waals surface area contributed by atoms with Gasteiger partial charge < -0.3 is 10.5 Å². The summed E-state index contributed by atoms with van der Waals surface area (Å²) in [7, 11) is 1.30. The Balaban J connectivity index is 2.48. The van der Waals surface area contributed by atoms with E-state index in [2.05, 4.69) is 9.72 Å². The number of nitrogen functional groups attached to an aromatic ring is 1. The molecule has 2 rings (SSSR count). The fourth-order valence-corrected chi connectivity index (χ4v) is 1.50. The number of nitrogens with two attached hydrogens (primary N) is 1. The second-order valence-electron chi connectivity index (χ2n) is 3.49. The Kier molecular flexibility index (Phi) is 3.05. The van der Waals surface area contributed by atoms with E-state index in [1.54, 1.807) is 12.1 Å². The Labute approximate surface area is 99.1 Å². The van der Waals surface area contributed by atoms with E-state index in [4.69, 9.17) is 5.73 Å². The van der Waals surface area contributed by atoms with Crippen LogP contribution in [0.5, 0.6) is 0 Å². The summed E-state index contributed by atoms with van der Waals surface area (Å²) < 4.78 is 4.63. The van der Waals surface area contributed by atoms with Crippen LogP contribution >= 0.6 is 0 Å². The highest BCUT2D eigenvalue weighted by molar-refractivity contribution is 5.93. The fraction of sp³-hybridized carbons (Fsp3) is 0.0769. The average molecular weight is 228 g/mol. The number of ether oxygens (including phenoxy) is 1. The molecule has 1 aromatic carbocycles. The van der Waals surface area contributed by atoms with Crippen LogP contribution < -0.4 is 5.73 Å². The molecule has 0 amide bonds. The Morgan fingerprint density at radius 1 is 1.18 bits per heavy atom. The lowest BCUT2D eigenvalue weighted by molar-refractivity contribution is 0.0595. The molecule has 0 aliphatic carbocycles. The molecule has 0 unspecified atom stereocenters. The van der Waals surface area contributed by atoms with Crippen LogP contribution in [0.4, 0.5) is 5.69 Å². The summed E-state index contributed by atoms with van der Waals surface area (Å²) in [5.41, 5.74) is 7.77. The van der Waals surface area contributed by atoms with Gasteiger partial charge in [0.2, 0.25) is 0 Å². The maximum atomic E-state index is 11.5. The minimum Gasteiger partial charge on any atom is -0.464 e. The van der Waals surface area contributed by atoms with Gasteiger partial charge in [0.1, 0.15) is 0 Å². The van der Waals surface area contributed by atoms with E-state index >= 15 is 0 Å². The molecule has 4 heteroatoms. The number of benzene rings is 1. The highest BCUT2D eigenvalue weighted by atomic mass is 16.5. The number of hydrogen-bond acceptors (Lipinski definition) is 4. The van der Waals surface area contributed by atoms with Crippen molar-refractivity contribution in [3.8, 4) is 11.3 Å². The molecule has 0 bridgehead atoms. The lowest BCUT2D eigenvalue weighted by Crippen LogP contribution is -2.08. The third kappa shape index (κ3) is 2.25. The number of aromatic nitrogens is 1. The largest absolute Gasteiger partial charge is 0.464 e. The van der Waals surface area contributed by atoms with E-state index in [0.717, 1.165) is 5.56 Å². The molecular weight excluding hydrogens is 216 g/mol. The Hall–Kier alpha value is -2.36. The van der Waals surface area contributed by atoms with Gasteiger partial charge in [-0.3, -0.25) is 0 Å². The number of anilines is 1. The standard InChI is InChI=1S/C13H12N2O2/c1-17-13(16)12-10(14)7-8-11(15-12)9-5-3-2-4-6-9/h2-8H,14H2,1H3. The summed E-state index contributed by atoms with van der Waals surface area (Å²) in [5, 5.41) is 0. The molecule has 4 nitrogen and oxygen atoms in total. The average Bonchev–Trinajstić information content (AvgIpc) is 2.39. The van der Waals surface area contributed by atoms with Gasteiger partial charge in [0.25, 0.3) is 0 Å². The zero-order valence-electron chi connectivity index (χ0n) is 9.38. The van der Waals surface area contributed by atoms with Gasteiger partial charge in [-0.1, -0.05) is 30.3 Å². The zero-order valence-corrected chi connectivity index (χ0v) is 9.38. The Morgan fingerprint density at radius 3 is 2.53 bits per heavy atom. The zero-order chi connectivity index (χ0) is 12.3. The third-order valence-electron chi connectivity index (χ3n) is 2.37. The summed E-state index contributed by atoms with van der Waals surface area (Å²) >= 11 is 0. The molecule has 0 saturated carbocycles. The summed E-state index contributed by atoms with van der Waals surface area (Å²) in [6.07, 6.45) is 0. The van der Waals surface area contributed by atoms with Crippen LogP contribution in [0, 0.1) is 0 Å². The molecule has 86 valence electrons. The summed E-state index contributed by atoms with van der Waals surface area (Å²) in [4.78, 5) is 15.7. The minimum atomic E-state index is -0.528. The van der Waals surface area contributed by atoms with Crippen molar-refractivity contribution >= 4 is 11.7 Å². The van der Waals surface area contributed by atoms with Crippen LogP contribution in [0.3, 0.4) is 0 Å². The van der Waals surface area contributed by atoms with Crippen molar-refractivity contribution in [2.75, 3.05) is 12.8 Å². The minimum absolute atomic E-state index is 0.147. The van der Waals surface area contributed by atoms with Gasteiger partial charge in [0.05, 0.1) is 18.5 Å².